The summed E-state index contributed by atoms with van der Waals surface area (Å²) in [5.74, 6) is 0.764. The average Bonchev–Trinajstić information content (AvgIpc) is 3.20. The Balaban J connectivity index is 1.67. The number of hydrogen-bond donors (Lipinski definition) is 0. The van der Waals surface area contributed by atoms with Gasteiger partial charge < -0.3 is 4.74 Å². The number of hydrogen-bond acceptors (Lipinski definition) is 2. The van der Waals surface area contributed by atoms with Crippen LogP contribution >= 0.6 is 0 Å². The minimum absolute atomic E-state index is 0.0311. The van der Waals surface area contributed by atoms with Gasteiger partial charge in [-0.1, -0.05) is 30.3 Å². The SMILES string of the molecule is O=Cc1ccc2c(c1)[C@@H]1O[C@H]2c2ccc(C3CC3)cc21. The van der Waals surface area contributed by atoms with Gasteiger partial charge in [-0.15, -0.1) is 0 Å². The topological polar surface area (TPSA) is 26.3 Å². The molecule has 3 aliphatic rings. The van der Waals surface area contributed by atoms with Crippen LogP contribution in [0.3, 0.4) is 0 Å². The highest BCUT2D eigenvalue weighted by Gasteiger charge is 2.43. The standard InChI is InChI=1S/C18H14O2/c19-9-10-1-5-13-15(7-10)18-16-8-12(11-2-3-11)4-6-14(16)17(13)20-18/h1,4-9,11,17-18H,2-3H2/t17-,18+/m1/s1. The van der Waals surface area contributed by atoms with Crippen LogP contribution in [0, 0.1) is 0 Å². The van der Waals surface area contributed by atoms with Crippen LogP contribution in [-0.2, 0) is 4.74 Å². The maximum atomic E-state index is 11.0. The van der Waals surface area contributed by atoms with Crippen molar-refractivity contribution in [1.82, 2.24) is 0 Å². The average molecular weight is 262 g/mol. The molecule has 0 N–H and O–H groups in total. The molecule has 0 radical (unpaired) electrons. The van der Waals surface area contributed by atoms with Gasteiger partial charge in [0.05, 0.1) is 0 Å². The maximum absolute atomic E-state index is 11.0. The first kappa shape index (κ1) is 10.8. The van der Waals surface area contributed by atoms with Crippen molar-refractivity contribution < 1.29 is 9.53 Å². The molecule has 2 aromatic carbocycles. The molecule has 0 aromatic heterocycles. The summed E-state index contributed by atoms with van der Waals surface area (Å²) in [6.45, 7) is 0. The first-order valence-corrected chi connectivity index (χ1v) is 7.23. The van der Waals surface area contributed by atoms with E-state index in [9.17, 15) is 4.79 Å². The van der Waals surface area contributed by atoms with Crippen LogP contribution in [0.5, 0.6) is 0 Å². The molecule has 1 fully saturated rings. The Morgan fingerprint density at radius 3 is 2.35 bits per heavy atom. The third-order valence-electron chi connectivity index (χ3n) is 4.81. The normalized spacial score (nSPS) is 25.4. The molecule has 2 nitrogen and oxygen atoms in total. The van der Waals surface area contributed by atoms with Crippen LogP contribution in [0.25, 0.3) is 0 Å². The second kappa shape index (κ2) is 3.58. The fraction of sp³-hybridized carbons (Fsp3) is 0.278. The lowest BCUT2D eigenvalue weighted by molar-refractivity contribution is 0.0857. The van der Waals surface area contributed by atoms with Gasteiger partial charge in [0.15, 0.2) is 0 Å². The van der Waals surface area contributed by atoms with Crippen molar-refractivity contribution in [2.75, 3.05) is 0 Å². The molecular weight excluding hydrogens is 248 g/mol. The monoisotopic (exact) mass is 262 g/mol. The molecule has 0 amide bonds. The predicted molar refractivity (Wildman–Crippen MR) is 75.0 cm³/mol. The molecule has 2 heterocycles. The Bertz CT molecular complexity index is 743. The zero-order chi connectivity index (χ0) is 13.3. The number of carbonyl (C=O) groups excluding carboxylic acids is 1. The first-order chi connectivity index (χ1) is 9.85. The maximum Gasteiger partial charge on any atom is 0.150 e. The van der Waals surface area contributed by atoms with E-state index in [0.29, 0.717) is 0 Å². The number of carbonyl (C=O) groups is 1. The predicted octanol–water partition coefficient (Wildman–Crippen LogP) is 3.90. The van der Waals surface area contributed by atoms with Crippen molar-refractivity contribution in [3.63, 3.8) is 0 Å². The Labute approximate surface area is 117 Å². The van der Waals surface area contributed by atoms with Gasteiger partial charge >= 0.3 is 0 Å². The molecule has 98 valence electrons. The molecule has 2 atom stereocenters. The van der Waals surface area contributed by atoms with Crippen LogP contribution in [0.1, 0.15) is 69.1 Å². The van der Waals surface area contributed by atoms with Crippen molar-refractivity contribution in [2.24, 2.45) is 0 Å². The van der Waals surface area contributed by atoms with Gasteiger partial charge in [-0.3, -0.25) is 4.79 Å². The Hall–Kier alpha value is -1.93. The number of ether oxygens (including phenoxy) is 1. The number of rotatable bonds is 2. The number of fused-ring (bicyclic) bond motifs is 8. The minimum Gasteiger partial charge on any atom is -0.356 e. The number of benzene rings is 2. The van der Waals surface area contributed by atoms with E-state index in [0.717, 1.165) is 17.8 Å². The highest BCUT2D eigenvalue weighted by molar-refractivity contribution is 5.76. The fourth-order valence-electron chi connectivity index (χ4n) is 3.63. The molecule has 0 saturated heterocycles. The highest BCUT2D eigenvalue weighted by atomic mass is 16.5. The van der Waals surface area contributed by atoms with E-state index in [1.165, 1.54) is 40.7 Å². The van der Waals surface area contributed by atoms with Crippen molar-refractivity contribution in [3.05, 3.63) is 69.8 Å². The lowest BCUT2D eigenvalue weighted by Crippen LogP contribution is -2.04. The summed E-state index contributed by atoms with van der Waals surface area (Å²) in [5.41, 5.74) is 7.22. The molecule has 20 heavy (non-hydrogen) atoms. The van der Waals surface area contributed by atoms with Crippen LogP contribution in [0.4, 0.5) is 0 Å². The van der Waals surface area contributed by atoms with Gasteiger partial charge in [-0.2, -0.15) is 0 Å². The quantitative estimate of drug-likeness (QED) is 0.767. The molecule has 2 heteroatoms. The van der Waals surface area contributed by atoms with E-state index in [1.807, 2.05) is 18.2 Å². The summed E-state index contributed by atoms with van der Waals surface area (Å²) >= 11 is 0. The summed E-state index contributed by atoms with van der Waals surface area (Å²) < 4.78 is 6.15. The summed E-state index contributed by atoms with van der Waals surface area (Å²) in [7, 11) is 0. The van der Waals surface area contributed by atoms with E-state index in [1.54, 1.807) is 0 Å². The largest absolute Gasteiger partial charge is 0.356 e. The molecular formula is C18H14O2. The lowest BCUT2D eigenvalue weighted by atomic mass is 9.84. The van der Waals surface area contributed by atoms with Gasteiger partial charge in [0.25, 0.3) is 0 Å². The third-order valence-corrected chi connectivity index (χ3v) is 4.81. The second-order valence-corrected chi connectivity index (χ2v) is 6.06. The van der Waals surface area contributed by atoms with Crippen molar-refractivity contribution >= 4 is 6.29 Å². The van der Waals surface area contributed by atoms with E-state index in [4.69, 9.17) is 4.74 Å². The van der Waals surface area contributed by atoms with Crippen molar-refractivity contribution in [2.45, 2.75) is 31.0 Å². The Morgan fingerprint density at radius 1 is 0.900 bits per heavy atom. The zero-order valence-electron chi connectivity index (χ0n) is 11.0. The first-order valence-electron chi connectivity index (χ1n) is 7.23. The molecule has 1 aliphatic carbocycles. The van der Waals surface area contributed by atoms with E-state index < -0.39 is 0 Å². The minimum atomic E-state index is 0.0311. The van der Waals surface area contributed by atoms with Crippen LogP contribution < -0.4 is 0 Å². The third kappa shape index (κ3) is 1.30. The Kier molecular flexibility index (Phi) is 1.94. The van der Waals surface area contributed by atoms with Gasteiger partial charge in [-0.25, -0.2) is 0 Å². The lowest BCUT2D eigenvalue weighted by Gasteiger charge is -2.17. The summed E-state index contributed by atoms with van der Waals surface area (Å²) in [4.78, 5) is 11.0. The van der Waals surface area contributed by atoms with E-state index >= 15 is 0 Å². The van der Waals surface area contributed by atoms with Crippen molar-refractivity contribution in [3.8, 4) is 0 Å². The second-order valence-electron chi connectivity index (χ2n) is 6.06. The summed E-state index contributed by atoms with van der Waals surface area (Å²) in [5, 5.41) is 0. The Morgan fingerprint density at radius 2 is 1.60 bits per heavy atom. The van der Waals surface area contributed by atoms with Gasteiger partial charge in [-0.05, 0) is 52.6 Å². The molecule has 5 rings (SSSR count). The van der Waals surface area contributed by atoms with E-state index in [-0.39, 0.29) is 12.2 Å². The van der Waals surface area contributed by atoms with Crippen LogP contribution in [-0.4, -0.2) is 6.29 Å². The van der Waals surface area contributed by atoms with Crippen LogP contribution in [0.2, 0.25) is 0 Å². The molecule has 2 aliphatic heterocycles. The highest BCUT2D eigenvalue weighted by Crippen LogP contribution is 2.55. The molecule has 2 bridgehead atoms. The van der Waals surface area contributed by atoms with Gasteiger partial charge in [0.2, 0.25) is 0 Å². The smallest absolute Gasteiger partial charge is 0.150 e. The fourth-order valence-corrected chi connectivity index (χ4v) is 3.63. The summed E-state index contributed by atoms with van der Waals surface area (Å²) in [6, 6.07) is 12.7. The molecule has 0 unspecified atom stereocenters. The van der Waals surface area contributed by atoms with Gasteiger partial charge in [0, 0.05) is 5.56 Å². The summed E-state index contributed by atoms with van der Waals surface area (Å²) in [6.07, 6.45) is 3.65. The van der Waals surface area contributed by atoms with Gasteiger partial charge in [0.1, 0.15) is 18.5 Å². The van der Waals surface area contributed by atoms with Crippen LogP contribution in [0.15, 0.2) is 36.4 Å². The zero-order valence-corrected chi connectivity index (χ0v) is 11.0. The number of aldehydes is 1. The van der Waals surface area contributed by atoms with Crippen molar-refractivity contribution in [1.29, 1.82) is 0 Å². The molecule has 0 spiro atoms. The molecule has 1 saturated carbocycles. The molecule has 2 aromatic rings. The van der Waals surface area contributed by atoms with E-state index in [2.05, 4.69) is 18.2 Å².